The molecule has 1 aliphatic rings. The Morgan fingerprint density at radius 1 is 1.00 bits per heavy atom. The summed E-state index contributed by atoms with van der Waals surface area (Å²) in [7, 11) is 0. The first-order chi connectivity index (χ1) is 17.6. The van der Waals surface area contributed by atoms with Crippen molar-refractivity contribution >= 4 is 17.6 Å². The normalized spacial score (nSPS) is 12.7. The summed E-state index contributed by atoms with van der Waals surface area (Å²) in [5.74, 6) is 1.46. The van der Waals surface area contributed by atoms with Crippen molar-refractivity contribution in [3.63, 3.8) is 0 Å². The highest BCUT2D eigenvalue weighted by Gasteiger charge is 2.26. The number of benzene rings is 2. The Balaban J connectivity index is 1.80. The fourth-order valence-electron chi connectivity index (χ4n) is 4.36. The lowest BCUT2D eigenvalue weighted by Crippen LogP contribution is -2.44. The lowest BCUT2D eigenvalue weighted by atomic mass is 10.1. The van der Waals surface area contributed by atoms with Crippen LogP contribution in [-0.4, -0.2) is 49.6 Å². The fourth-order valence-corrected chi connectivity index (χ4v) is 4.36. The van der Waals surface area contributed by atoms with Crippen LogP contribution in [0.4, 0.5) is 5.69 Å². The molecule has 3 rings (SSSR count). The predicted octanol–water partition coefficient (Wildman–Crippen LogP) is 5.60. The van der Waals surface area contributed by atoms with Crippen LogP contribution in [-0.2, 0) is 16.1 Å². The van der Waals surface area contributed by atoms with Gasteiger partial charge in [-0.3, -0.25) is 14.5 Å². The number of nitrogens with zero attached hydrogens (tertiary/aromatic N) is 2. The first-order valence-electron chi connectivity index (χ1n) is 13.3. The smallest absolute Gasteiger partial charge is 0.311 e. The third-order valence-corrected chi connectivity index (χ3v) is 6.23. The highest BCUT2D eigenvalue weighted by atomic mass is 16.6. The Labute approximate surface area is 215 Å². The lowest BCUT2D eigenvalue weighted by Gasteiger charge is -2.32. The zero-order valence-electron chi connectivity index (χ0n) is 22.0. The van der Waals surface area contributed by atoms with Crippen molar-refractivity contribution in [1.29, 1.82) is 0 Å². The maximum absolute atomic E-state index is 13.5. The van der Waals surface area contributed by atoms with Crippen molar-refractivity contribution < 1.29 is 23.8 Å². The average molecular weight is 497 g/mol. The van der Waals surface area contributed by atoms with E-state index in [2.05, 4.69) is 11.8 Å². The second kappa shape index (κ2) is 14.5. The molecule has 2 aromatic rings. The topological polar surface area (TPSA) is 68.3 Å². The lowest BCUT2D eigenvalue weighted by molar-refractivity contribution is -0.134. The Kier molecular flexibility index (Phi) is 11.1. The van der Waals surface area contributed by atoms with Gasteiger partial charge in [0.25, 0.3) is 0 Å². The molecule has 0 unspecified atom stereocenters. The molecule has 0 bridgehead atoms. The van der Waals surface area contributed by atoms with Crippen molar-refractivity contribution in [2.75, 3.05) is 37.7 Å². The van der Waals surface area contributed by atoms with Gasteiger partial charge in [0.15, 0.2) is 11.5 Å². The van der Waals surface area contributed by atoms with E-state index in [0.717, 1.165) is 36.4 Å². The molecule has 0 saturated carbocycles. The van der Waals surface area contributed by atoms with E-state index in [4.69, 9.17) is 14.2 Å². The van der Waals surface area contributed by atoms with Crippen LogP contribution in [0.1, 0.15) is 64.9 Å². The molecule has 7 nitrogen and oxygen atoms in total. The van der Waals surface area contributed by atoms with Gasteiger partial charge in [-0.2, -0.15) is 0 Å². The van der Waals surface area contributed by atoms with Gasteiger partial charge in [-0.15, -0.1) is 0 Å². The molecule has 0 radical (unpaired) electrons. The maximum Gasteiger partial charge on any atom is 0.311 e. The number of amides is 1. The van der Waals surface area contributed by atoms with Crippen LogP contribution in [0.15, 0.2) is 42.5 Å². The zero-order chi connectivity index (χ0) is 25.8. The van der Waals surface area contributed by atoms with Gasteiger partial charge in [-0.1, -0.05) is 63.8 Å². The molecule has 0 aliphatic carbocycles. The van der Waals surface area contributed by atoms with Crippen molar-refractivity contribution in [2.24, 2.45) is 0 Å². The highest BCUT2D eigenvalue weighted by molar-refractivity contribution is 5.96. The molecule has 0 N–H and O–H groups in total. The molecule has 0 saturated heterocycles. The number of carbonyl (C=O) groups is 2. The molecule has 1 aliphatic heterocycles. The van der Waals surface area contributed by atoms with E-state index < -0.39 is 0 Å². The quantitative estimate of drug-likeness (QED) is 0.193. The third kappa shape index (κ3) is 7.72. The molecule has 0 fully saturated rings. The summed E-state index contributed by atoms with van der Waals surface area (Å²) in [6.45, 7) is 8.88. The van der Waals surface area contributed by atoms with Gasteiger partial charge in [0.05, 0.1) is 25.4 Å². The number of ether oxygens (including phenoxy) is 3. The van der Waals surface area contributed by atoms with Crippen molar-refractivity contribution in [1.82, 2.24) is 4.90 Å². The van der Waals surface area contributed by atoms with E-state index in [1.54, 1.807) is 6.92 Å². The molecule has 0 spiro atoms. The number of esters is 1. The minimum absolute atomic E-state index is 0.0346. The van der Waals surface area contributed by atoms with Gasteiger partial charge >= 0.3 is 5.97 Å². The van der Waals surface area contributed by atoms with E-state index in [1.165, 1.54) is 19.3 Å². The number of fused-ring (bicyclic) bond motifs is 1. The number of carbonyl (C=O) groups excluding carboxylic acids is 2. The number of anilines is 1. The molecule has 0 aromatic heterocycles. The predicted molar refractivity (Wildman–Crippen MR) is 142 cm³/mol. The minimum atomic E-state index is -0.310. The van der Waals surface area contributed by atoms with E-state index in [9.17, 15) is 9.59 Å². The molecule has 196 valence electrons. The Hall–Kier alpha value is -3.06. The molecular weight excluding hydrogens is 456 g/mol. The van der Waals surface area contributed by atoms with Crippen LogP contribution < -0.4 is 19.1 Å². The summed E-state index contributed by atoms with van der Waals surface area (Å²) in [4.78, 5) is 29.6. The summed E-state index contributed by atoms with van der Waals surface area (Å²) in [5.41, 5.74) is 1.65. The van der Waals surface area contributed by atoms with Gasteiger partial charge in [0.1, 0.15) is 12.4 Å². The average Bonchev–Trinajstić information content (AvgIpc) is 2.89. The monoisotopic (exact) mass is 496 g/mol. The van der Waals surface area contributed by atoms with Crippen molar-refractivity contribution in [2.45, 2.75) is 65.8 Å². The Morgan fingerprint density at radius 2 is 1.81 bits per heavy atom. The zero-order valence-corrected chi connectivity index (χ0v) is 22.0. The number of unbranched alkanes of at least 4 members (excludes halogenated alkanes) is 4. The number of para-hydroxylation sites is 3. The SMILES string of the molecule is CCCCCCCN(CC(=O)N1CCOc2ccccc21)Cc1cccc(OCC)c1OC(=O)CC. The van der Waals surface area contributed by atoms with Gasteiger partial charge in [0.2, 0.25) is 5.91 Å². The second-order valence-corrected chi connectivity index (χ2v) is 8.99. The summed E-state index contributed by atoms with van der Waals surface area (Å²) >= 11 is 0. The standard InChI is InChI=1S/C29H40N2O5/c1-4-7-8-9-12-18-30(22-27(32)31-19-20-35-25-16-11-10-15-24(25)31)21-23-14-13-17-26(34-6-3)29(23)36-28(33)5-2/h10-11,13-17H,4-9,12,18-22H2,1-3H3. The molecule has 7 heteroatoms. The van der Waals surface area contributed by atoms with E-state index in [0.29, 0.717) is 37.8 Å². The van der Waals surface area contributed by atoms with Gasteiger partial charge in [-0.05, 0) is 38.1 Å². The maximum atomic E-state index is 13.5. The fraction of sp³-hybridized carbons (Fsp3) is 0.517. The number of hydrogen-bond acceptors (Lipinski definition) is 6. The van der Waals surface area contributed by atoms with Gasteiger partial charge in [0, 0.05) is 18.5 Å². The second-order valence-electron chi connectivity index (χ2n) is 8.99. The van der Waals surface area contributed by atoms with Crippen molar-refractivity contribution in [3.05, 3.63) is 48.0 Å². The van der Waals surface area contributed by atoms with Crippen LogP contribution in [0.5, 0.6) is 17.2 Å². The summed E-state index contributed by atoms with van der Waals surface area (Å²) in [6, 6.07) is 13.3. The summed E-state index contributed by atoms with van der Waals surface area (Å²) < 4.78 is 17.2. The van der Waals surface area contributed by atoms with Crippen molar-refractivity contribution in [3.8, 4) is 17.2 Å². The first kappa shape index (κ1) is 27.5. The third-order valence-electron chi connectivity index (χ3n) is 6.23. The van der Waals surface area contributed by atoms with E-state index >= 15 is 0 Å². The molecule has 2 aromatic carbocycles. The largest absolute Gasteiger partial charge is 0.490 e. The molecular formula is C29H40N2O5. The van der Waals surface area contributed by atoms with Gasteiger partial charge in [-0.25, -0.2) is 0 Å². The van der Waals surface area contributed by atoms with Crippen LogP contribution in [0, 0.1) is 0 Å². The highest BCUT2D eigenvalue weighted by Crippen LogP contribution is 2.34. The minimum Gasteiger partial charge on any atom is -0.490 e. The Morgan fingerprint density at radius 3 is 2.58 bits per heavy atom. The van der Waals surface area contributed by atoms with E-state index in [1.807, 2.05) is 54.3 Å². The van der Waals surface area contributed by atoms with Gasteiger partial charge < -0.3 is 19.1 Å². The molecule has 1 amide bonds. The van der Waals surface area contributed by atoms with Crippen LogP contribution in [0.2, 0.25) is 0 Å². The van der Waals surface area contributed by atoms with Crippen LogP contribution in [0.25, 0.3) is 0 Å². The molecule has 0 atom stereocenters. The summed E-state index contributed by atoms with van der Waals surface area (Å²) in [6.07, 6.45) is 5.99. The number of hydrogen-bond donors (Lipinski definition) is 0. The molecule has 36 heavy (non-hydrogen) atoms. The Bertz CT molecular complexity index is 993. The van der Waals surface area contributed by atoms with Crippen LogP contribution >= 0.6 is 0 Å². The number of rotatable bonds is 14. The van der Waals surface area contributed by atoms with E-state index in [-0.39, 0.29) is 24.8 Å². The van der Waals surface area contributed by atoms with Crippen LogP contribution in [0.3, 0.4) is 0 Å². The molecule has 1 heterocycles. The summed E-state index contributed by atoms with van der Waals surface area (Å²) in [5, 5.41) is 0. The first-order valence-corrected chi connectivity index (χ1v) is 13.3.